The fraction of sp³-hybridized carbons (Fsp3) is 0. The molecule has 62 valence electrons. The molecule has 1 nitrogen and oxygen atoms in total. The monoisotopic (exact) mass is 218 g/mol. The zero-order valence-electron chi connectivity index (χ0n) is 5.84. The maximum Gasteiger partial charge on any atom is 0.154 e. The van der Waals surface area contributed by atoms with Crippen molar-refractivity contribution in [1.82, 2.24) is 0 Å². The number of fused-ring (bicyclic) bond motifs is 1. The van der Waals surface area contributed by atoms with E-state index in [1.165, 1.54) is 11.3 Å². The molecule has 4 heteroatoms. The largest absolute Gasteiger partial charge is 0.505 e. The highest BCUT2D eigenvalue weighted by molar-refractivity contribution is 7.18. The zero-order valence-corrected chi connectivity index (χ0v) is 8.17. The van der Waals surface area contributed by atoms with Gasteiger partial charge < -0.3 is 5.11 Å². The van der Waals surface area contributed by atoms with E-state index < -0.39 is 0 Å². The molecule has 0 radical (unpaired) electrons. The normalized spacial score (nSPS) is 10.8. The van der Waals surface area contributed by atoms with E-state index in [9.17, 15) is 5.11 Å². The Labute approximate surface area is 83.2 Å². The molecule has 0 bridgehead atoms. The second kappa shape index (κ2) is 2.80. The van der Waals surface area contributed by atoms with Crippen molar-refractivity contribution in [3.63, 3.8) is 0 Å². The molecule has 1 heterocycles. The fourth-order valence-corrected chi connectivity index (χ4v) is 2.45. The topological polar surface area (TPSA) is 20.2 Å². The van der Waals surface area contributed by atoms with Crippen LogP contribution in [0.5, 0.6) is 5.75 Å². The zero-order chi connectivity index (χ0) is 8.72. The van der Waals surface area contributed by atoms with E-state index in [2.05, 4.69) is 0 Å². The first kappa shape index (κ1) is 8.17. The second-order valence-corrected chi connectivity index (χ2v) is 4.06. The van der Waals surface area contributed by atoms with Crippen LogP contribution < -0.4 is 0 Å². The molecule has 12 heavy (non-hydrogen) atoms. The van der Waals surface area contributed by atoms with Gasteiger partial charge >= 0.3 is 0 Å². The molecule has 2 rings (SSSR count). The van der Waals surface area contributed by atoms with Crippen molar-refractivity contribution in [2.75, 3.05) is 0 Å². The first-order valence-electron chi connectivity index (χ1n) is 3.24. The van der Waals surface area contributed by atoms with Gasteiger partial charge in [0.1, 0.15) is 5.02 Å². The van der Waals surface area contributed by atoms with E-state index in [-0.39, 0.29) is 5.75 Å². The number of phenolic OH excluding ortho intramolecular Hbond substituents is 1. The molecule has 1 aromatic carbocycles. The van der Waals surface area contributed by atoms with E-state index in [4.69, 9.17) is 23.2 Å². The number of benzene rings is 1. The van der Waals surface area contributed by atoms with Gasteiger partial charge in [-0.2, -0.15) is 0 Å². The molecule has 0 aliphatic rings. The maximum atomic E-state index is 9.37. The molecular weight excluding hydrogens is 215 g/mol. The summed E-state index contributed by atoms with van der Waals surface area (Å²) in [5.41, 5.74) is 0. The first-order valence-corrected chi connectivity index (χ1v) is 4.88. The van der Waals surface area contributed by atoms with Crippen LogP contribution in [0.4, 0.5) is 0 Å². The van der Waals surface area contributed by atoms with Gasteiger partial charge in [0.15, 0.2) is 5.75 Å². The molecular formula is C8H4Cl2OS. The number of phenols is 1. The summed E-state index contributed by atoms with van der Waals surface area (Å²) < 4.78 is 0.874. The van der Waals surface area contributed by atoms with E-state index in [1.807, 2.05) is 11.4 Å². The predicted octanol–water partition coefficient (Wildman–Crippen LogP) is 3.91. The van der Waals surface area contributed by atoms with Crippen LogP contribution >= 0.6 is 34.5 Å². The number of hydrogen-bond donors (Lipinski definition) is 1. The standard InChI is InChI=1S/C8H4Cl2OS/c9-5-3-4-1-2-12-8(4)6(10)7(5)11/h1-3,11H. The lowest BCUT2D eigenvalue weighted by molar-refractivity contribution is 0.477. The molecule has 0 aliphatic carbocycles. The van der Waals surface area contributed by atoms with Crippen molar-refractivity contribution in [2.45, 2.75) is 0 Å². The van der Waals surface area contributed by atoms with Crippen LogP contribution in [-0.2, 0) is 0 Å². The molecule has 0 aliphatic heterocycles. The van der Waals surface area contributed by atoms with Gasteiger partial charge in [0.05, 0.1) is 9.72 Å². The van der Waals surface area contributed by atoms with Gasteiger partial charge in [0, 0.05) is 0 Å². The van der Waals surface area contributed by atoms with Crippen LogP contribution in [0, 0.1) is 0 Å². The maximum absolute atomic E-state index is 9.37. The third-order valence-corrected chi connectivity index (χ3v) is 3.33. The third-order valence-electron chi connectivity index (χ3n) is 1.61. The lowest BCUT2D eigenvalue weighted by Gasteiger charge is -1.99. The SMILES string of the molecule is Oc1c(Cl)cc2ccsc2c1Cl. The van der Waals surface area contributed by atoms with Crippen molar-refractivity contribution in [3.05, 3.63) is 27.6 Å². The van der Waals surface area contributed by atoms with E-state index in [1.54, 1.807) is 6.07 Å². The summed E-state index contributed by atoms with van der Waals surface area (Å²) in [4.78, 5) is 0. The number of thiophene rings is 1. The number of aromatic hydroxyl groups is 1. The van der Waals surface area contributed by atoms with Crippen LogP contribution in [0.1, 0.15) is 0 Å². The van der Waals surface area contributed by atoms with E-state index >= 15 is 0 Å². The highest BCUT2D eigenvalue weighted by Crippen LogP contribution is 2.40. The lowest BCUT2D eigenvalue weighted by atomic mass is 10.2. The third kappa shape index (κ3) is 1.07. The van der Waals surface area contributed by atoms with Gasteiger partial charge in [-0.05, 0) is 22.9 Å². The Bertz CT molecular complexity index is 436. The Morgan fingerprint density at radius 3 is 2.83 bits per heavy atom. The highest BCUT2D eigenvalue weighted by Gasteiger charge is 2.09. The number of halogens is 2. The van der Waals surface area contributed by atoms with Gasteiger partial charge in [-0.25, -0.2) is 0 Å². The van der Waals surface area contributed by atoms with Crippen molar-refractivity contribution < 1.29 is 5.11 Å². The Hall–Kier alpha value is -0.440. The molecule has 0 amide bonds. The molecule has 2 aromatic rings. The molecule has 1 aromatic heterocycles. The smallest absolute Gasteiger partial charge is 0.154 e. The second-order valence-electron chi connectivity index (χ2n) is 2.36. The lowest BCUT2D eigenvalue weighted by Crippen LogP contribution is -1.71. The molecule has 0 saturated carbocycles. The van der Waals surface area contributed by atoms with Crippen LogP contribution in [0.2, 0.25) is 10.0 Å². The summed E-state index contributed by atoms with van der Waals surface area (Å²) in [6.07, 6.45) is 0. The van der Waals surface area contributed by atoms with Crippen molar-refractivity contribution in [1.29, 1.82) is 0 Å². The summed E-state index contributed by atoms with van der Waals surface area (Å²) in [5.74, 6) is -0.0340. The van der Waals surface area contributed by atoms with Crippen LogP contribution in [0.25, 0.3) is 10.1 Å². The fourth-order valence-electron chi connectivity index (χ4n) is 1.03. The van der Waals surface area contributed by atoms with E-state index in [0.717, 1.165) is 10.1 Å². The van der Waals surface area contributed by atoms with Crippen LogP contribution in [-0.4, -0.2) is 5.11 Å². The molecule has 0 fully saturated rings. The first-order chi connectivity index (χ1) is 5.70. The van der Waals surface area contributed by atoms with Crippen LogP contribution in [0.15, 0.2) is 17.5 Å². The average molecular weight is 219 g/mol. The van der Waals surface area contributed by atoms with Crippen molar-refractivity contribution in [2.24, 2.45) is 0 Å². The Morgan fingerprint density at radius 1 is 1.33 bits per heavy atom. The predicted molar refractivity (Wildman–Crippen MR) is 53.5 cm³/mol. The summed E-state index contributed by atoms with van der Waals surface area (Å²) in [5, 5.41) is 12.9. The highest BCUT2D eigenvalue weighted by atomic mass is 35.5. The van der Waals surface area contributed by atoms with Crippen molar-refractivity contribution in [3.8, 4) is 5.75 Å². The minimum Gasteiger partial charge on any atom is -0.505 e. The summed E-state index contributed by atoms with van der Waals surface area (Å²) in [7, 11) is 0. The van der Waals surface area contributed by atoms with Crippen molar-refractivity contribution >= 4 is 44.6 Å². The average Bonchev–Trinajstić information content (AvgIpc) is 2.48. The van der Waals surface area contributed by atoms with Gasteiger partial charge in [-0.1, -0.05) is 23.2 Å². The number of hydrogen-bond acceptors (Lipinski definition) is 2. The Kier molecular flexibility index (Phi) is 1.91. The summed E-state index contributed by atoms with van der Waals surface area (Å²) in [6.45, 7) is 0. The molecule has 0 saturated heterocycles. The molecule has 0 atom stereocenters. The molecule has 1 N–H and O–H groups in total. The number of rotatable bonds is 0. The van der Waals surface area contributed by atoms with Gasteiger partial charge in [0.2, 0.25) is 0 Å². The minimum atomic E-state index is -0.0340. The summed E-state index contributed by atoms with van der Waals surface area (Å²) >= 11 is 13.1. The molecule has 0 spiro atoms. The van der Waals surface area contributed by atoms with Gasteiger partial charge in [-0.3, -0.25) is 0 Å². The molecule has 0 unspecified atom stereocenters. The Morgan fingerprint density at radius 2 is 2.08 bits per heavy atom. The Balaban J connectivity index is 2.94. The summed E-state index contributed by atoms with van der Waals surface area (Å²) in [6, 6.07) is 3.62. The van der Waals surface area contributed by atoms with Gasteiger partial charge in [0.25, 0.3) is 0 Å². The van der Waals surface area contributed by atoms with E-state index in [0.29, 0.717) is 10.0 Å². The minimum absolute atomic E-state index is 0.0340. The quantitative estimate of drug-likeness (QED) is 0.711. The van der Waals surface area contributed by atoms with Gasteiger partial charge in [-0.15, -0.1) is 11.3 Å². The van der Waals surface area contributed by atoms with Crippen LogP contribution in [0.3, 0.4) is 0 Å².